The fourth-order valence-electron chi connectivity index (χ4n) is 5.65. The van der Waals surface area contributed by atoms with Crippen molar-refractivity contribution in [3.05, 3.63) is 83.9 Å². The number of benzene rings is 3. The molecule has 4 nitrogen and oxygen atoms in total. The summed E-state index contributed by atoms with van der Waals surface area (Å²) in [6, 6.07) is 25.7. The highest BCUT2D eigenvalue weighted by molar-refractivity contribution is 5.91. The highest BCUT2D eigenvalue weighted by Crippen LogP contribution is 2.56. The highest BCUT2D eigenvalue weighted by atomic mass is 16.5. The number of nitriles is 1. The summed E-state index contributed by atoms with van der Waals surface area (Å²) >= 11 is 0. The standard InChI is InChI=1S/C37H45NO3/c1-3-5-7-9-10-12-26-40-34-22-18-30(19-23-34)29-14-16-31(17-15-29)36(39)41-35-24-20-32(21-25-35)37(28-38)27-33(37)13-11-8-6-4-2/h14-25,33H,3-13,26-27H2,1-2H3. The minimum absolute atomic E-state index is 0.372. The number of unbranched alkanes of at least 4 members (excludes halogenated alkanes) is 8. The van der Waals surface area contributed by atoms with Gasteiger partial charge in [0.25, 0.3) is 0 Å². The van der Waals surface area contributed by atoms with Gasteiger partial charge in [-0.3, -0.25) is 0 Å². The first-order chi connectivity index (χ1) is 20.1. The Labute approximate surface area is 246 Å². The zero-order valence-corrected chi connectivity index (χ0v) is 24.9. The molecule has 41 heavy (non-hydrogen) atoms. The van der Waals surface area contributed by atoms with Crippen LogP contribution in [0.15, 0.2) is 72.8 Å². The van der Waals surface area contributed by atoms with Gasteiger partial charge in [0.1, 0.15) is 11.5 Å². The first-order valence-corrected chi connectivity index (χ1v) is 15.7. The third-order valence-corrected chi connectivity index (χ3v) is 8.37. The number of hydrogen-bond donors (Lipinski definition) is 0. The maximum atomic E-state index is 12.8. The summed E-state index contributed by atoms with van der Waals surface area (Å²) in [6.07, 6.45) is 14.5. The Hall–Kier alpha value is -3.58. The van der Waals surface area contributed by atoms with Crippen LogP contribution in [-0.4, -0.2) is 12.6 Å². The van der Waals surface area contributed by atoms with Crippen LogP contribution >= 0.6 is 0 Å². The molecule has 0 N–H and O–H groups in total. The summed E-state index contributed by atoms with van der Waals surface area (Å²) in [5.41, 5.74) is 3.26. The van der Waals surface area contributed by atoms with Gasteiger partial charge in [-0.2, -0.15) is 5.26 Å². The van der Waals surface area contributed by atoms with E-state index in [9.17, 15) is 10.1 Å². The molecule has 1 saturated carbocycles. The van der Waals surface area contributed by atoms with Gasteiger partial charge in [0, 0.05) is 0 Å². The Kier molecular flexibility index (Phi) is 11.4. The van der Waals surface area contributed by atoms with Gasteiger partial charge >= 0.3 is 5.97 Å². The van der Waals surface area contributed by atoms with E-state index in [4.69, 9.17) is 9.47 Å². The Morgan fingerprint density at radius 1 is 0.756 bits per heavy atom. The molecule has 4 rings (SSSR count). The van der Waals surface area contributed by atoms with Crippen LogP contribution < -0.4 is 9.47 Å². The van der Waals surface area contributed by atoms with Crippen LogP contribution in [-0.2, 0) is 5.41 Å². The minimum Gasteiger partial charge on any atom is -0.494 e. The molecule has 0 spiro atoms. The first-order valence-electron chi connectivity index (χ1n) is 15.7. The van der Waals surface area contributed by atoms with E-state index in [1.807, 2.05) is 48.5 Å². The molecule has 1 aliphatic rings. The van der Waals surface area contributed by atoms with Crippen molar-refractivity contribution in [3.63, 3.8) is 0 Å². The molecular weight excluding hydrogens is 506 g/mol. The molecule has 1 aliphatic carbocycles. The summed E-state index contributed by atoms with van der Waals surface area (Å²) in [6.45, 7) is 5.21. The highest BCUT2D eigenvalue weighted by Gasteiger charge is 2.55. The maximum Gasteiger partial charge on any atom is 0.343 e. The monoisotopic (exact) mass is 551 g/mol. The predicted molar refractivity (Wildman–Crippen MR) is 166 cm³/mol. The van der Waals surface area contributed by atoms with Gasteiger partial charge in [0.15, 0.2) is 0 Å². The Bertz CT molecular complexity index is 1260. The maximum absolute atomic E-state index is 12.8. The van der Waals surface area contributed by atoms with Crippen LogP contribution in [0.2, 0.25) is 0 Å². The lowest BCUT2D eigenvalue weighted by molar-refractivity contribution is 0.0734. The van der Waals surface area contributed by atoms with Crippen LogP contribution in [0.25, 0.3) is 11.1 Å². The molecule has 3 aromatic carbocycles. The van der Waals surface area contributed by atoms with Gasteiger partial charge in [-0.25, -0.2) is 4.79 Å². The lowest BCUT2D eigenvalue weighted by atomic mass is 9.93. The molecule has 0 radical (unpaired) electrons. The summed E-state index contributed by atoms with van der Waals surface area (Å²) in [5.74, 6) is 1.43. The number of ether oxygens (including phenoxy) is 2. The van der Waals surface area contributed by atoms with Crippen LogP contribution in [0, 0.1) is 17.2 Å². The summed E-state index contributed by atoms with van der Waals surface area (Å²) in [7, 11) is 0. The number of carbonyl (C=O) groups is 1. The van der Waals surface area contributed by atoms with Crippen molar-refractivity contribution in [2.45, 2.75) is 96.3 Å². The molecule has 216 valence electrons. The van der Waals surface area contributed by atoms with Gasteiger partial charge in [0.2, 0.25) is 0 Å². The molecule has 4 heteroatoms. The summed E-state index contributed by atoms with van der Waals surface area (Å²) in [4.78, 5) is 12.8. The largest absolute Gasteiger partial charge is 0.494 e. The van der Waals surface area contributed by atoms with Crippen LogP contribution in [0.1, 0.15) is 107 Å². The molecule has 2 atom stereocenters. The molecule has 0 aromatic heterocycles. The molecule has 0 aliphatic heterocycles. The Balaban J connectivity index is 1.25. The number of nitrogens with zero attached hydrogens (tertiary/aromatic N) is 1. The number of hydrogen-bond acceptors (Lipinski definition) is 4. The second-order valence-corrected chi connectivity index (χ2v) is 11.5. The molecule has 3 aromatic rings. The average Bonchev–Trinajstić information content (AvgIpc) is 3.74. The van der Waals surface area contributed by atoms with E-state index >= 15 is 0 Å². The van der Waals surface area contributed by atoms with Crippen LogP contribution in [0.3, 0.4) is 0 Å². The Morgan fingerprint density at radius 3 is 1.95 bits per heavy atom. The normalized spacial score (nSPS) is 17.5. The first kappa shape index (κ1) is 30.4. The minimum atomic E-state index is -0.391. The van der Waals surface area contributed by atoms with Crippen molar-refractivity contribution in [2.75, 3.05) is 6.61 Å². The molecular formula is C37H45NO3. The van der Waals surface area contributed by atoms with E-state index in [0.717, 1.165) is 48.3 Å². The molecule has 2 unspecified atom stereocenters. The van der Waals surface area contributed by atoms with E-state index in [2.05, 4.69) is 32.0 Å². The second-order valence-electron chi connectivity index (χ2n) is 11.5. The molecule has 1 fully saturated rings. The van der Waals surface area contributed by atoms with Crippen molar-refractivity contribution in [3.8, 4) is 28.7 Å². The number of carbonyl (C=O) groups excluding carboxylic acids is 1. The third-order valence-electron chi connectivity index (χ3n) is 8.37. The van der Waals surface area contributed by atoms with E-state index in [1.54, 1.807) is 12.1 Å². The lowest BCUT2D eigenvalue weighted by Gasteiger charge is -2.11. The van der Waals surface area contributed by atoms with Crippen LogP contribution in [0.4, 0.5) is 0 Å². The van der Waals surface area contributed by atoms with E-state index < -0.39 is 5.97 Å². The Morgan fingerprint density at radius 2 is 1.32 bits per heavy atom. The zero-order valence-electron chi connectivity index (χ0n) is 24.9. The van der Waals surface area contributed by atoms with Gasteiger partial charge in [-0.15, -0.1) is 0 Å². The summed E-state index contributed by atoms with van der Waals surface area (Å²) in [5, 5.41) is 9.90. The molecule has 0 heterocycles. The van der Waals surface area contributed by atoms with Gasteiger partial charge in [-0.05, 0) is 78.3 Å². The van der Waals surface area contributed by atoms with Crippen molar-refractivity contribution in [1.82, 2.24) is 0 Å². The van der Waals surface area contributed by atoms with Crippen molar-refractivity contribution >= 4 is 5.97 Å². The average molecular weight is 552 g/mol. The second kappa shape index (κ2) is 15.4. The van der Waals surface area contributed by atoms with E-state index in [-0.39, 0.29) is 5.41 Å². The predicted octanol–water partition coefficient (Wildman–Crippen LogP) is 10.1. The fraction of sp³-hybridized carbons (Fsp3) is 0.459. The van der Waals surface area contributed by atoms with Gasteiger partial charge in [-0.1, -0.05) is 108 Å². The van der Waals surface area contributed by atoms with E-state index in [1.165, 1.54) is 57.8 Å². The van der Waals surface area contributed by atoms with Crippen molar-refractivity contribution in [1.29, 1.82) is 5.26 Å². The molecule has 0 saturated heterocycles. The molecule has 0 bridgehead atoms. The van der Waals surface area contributed by atoms with Gasteiger partial charge < -0.3 is 9.47 Å². The topological polar surface area (TPSA) is 59.3 Å². The number of rotatable bonds is 17. The molecule has 0 amide bonds. The summed E-state index contributed by atoms with van der Waals surface area (Å²) < 4.78 is 11.5. The van der Waals surface area contributed by atoms with Crippen molar-refractivity contribution in [2.24, 2.45) is 5.92 Å². The quantitative estimate of drug-likeness (QED) is 0.0951. The van der Waals surface area contributed by atoms with Gasteiger partial charge in [0.05, 0.1) is 23.7 Å². The smallest absolute Gasteiger partial charge is 0.343 e. The fourth-order valence-corrected chi connectivity index (χ4v) is 5.65. The number of esters is 1. The van der Waals surface area contributed by atoms with Crippen molar-refractivity contribution < 1.29 is 14.3 Å². The van der Waals surface area contributed by atoms with E-state index in [0.29, 0.717) is 17.2 Å². The third kappa shape index (κ3) is 8.46. The van der Waals surface area contributed by atoms with Crippen LogP contribution in [0.5, 0.6) is 11.5 Å². The zero-order chi connectivity index (χ0) is 28.9. The SMILES string of the molecule is CCCCCCCCOc1ccc(-c2ccc(C(=O)Oc3ccc(C4(C#N)CC4CCCCCC)cc3)cc2)cc1. The lowest BCUT2D eigenvalue weighted by Crippen LogP contribution is -2.10.